The molecule has 26 heavy (non-hydrogen) atoms. The maximum atomic E-state index is 11.9. The second kappa shape index (κ2) is 9.02. The SMILES string of the molecule is CCCCOC(=O)c1ncc(/C=C(\C)C=CC2=C(C)CCCC2(C)C)[nH]1. The summed E-state index contributed by atoms with van der Waals surface area (Å²) in [5.74, 6) is -0.132. The van der Waals surface area contributed by atoms with Gasteiger partial charge in [0.05, 0.1) is 18.5 Å². The number of esters is 1. The molecule has 1 aliphatic carbocycles. The molecule has 0 spiro atoms. The first-order valence-electron chi connectivity index (χ1n) is 9.62. The van der Waals surface area contributed by atoms with Crippen LogP contribution < -0.4 is 0 Å². The molecule has 0 atom stereocenters. The maximum absolute atomic E-state index is 11.9. The van der Waals surface area contributed by atoms with E-state index in [1.807, 2.05) is 6.08 Å². The summed E-state index contributed by atoms with van der Waals surface area (Å²) in [6.45, 7) is 11.4. The molecule has 0 aromatic carbocycles. The molecule has 0 saturated heterocycles. The Morgan fingerprint density at radius 3 is 2.88 bits per heavy atom. The summed E-state index contributed by atoms with van der Waals surface area (Å²) >= 11 is 0. The molecule has 1 aliphatic rings. The number of carbonyl (C=O) groups is 1. The molecule has 0 radical (unpaired) electrons. The third-order valence-electron chi connectivity index (χ3n) is 4.96. The first-order chi connectivity index (χ1) is 12.3. The average Bonchev–Trinajstić information content (AvgIpc) is 3.02. The number of aromatic nitrogens is 2. The summed E-state index contributed by atoms with van der Waals surface area (Å²) in [4.78, 5) is 19.1. The number of carbonyl (C=O) groups excluding carboxylic acids is 1. The minimum Gasteiger partial charge on any atom is -0.460 e. The number of imidazole rings is 1. The molecule has 0 unspecified atom stereocenters. The van der Waals surface area contributed by atoms with Crippen LogP contribution in [0.5, 0.6) is 0 Å². The van der Waals surface area contributed by atoms with Gasteiger partial charge in [0.1, 0.15) is 0 Å². The zero-order valence-corrected chi connectivity index (χ0v) is 16.8. The highest BCUT2D eigenvalue weighted by atomic mass is 16.5. The van der Waals surface area contributed by atoms with E-state index >= 15 is 0 Å². The molecule has 0 saturated carbocycles. The molecule has 1 aromatic rings. The largest absolute Gasteiger partial charge is 0.460 e. The second-order valence-electron chi connectivity index (χ2n) is 7.83. The van der Waals surface area contributed by atoms with E-state index in [0.717, 1.165) is 24.1 Å². The highest BCUT2D eigenvalue weighted by Crippen LogP contribution is 2.40. The number of ether oxygens (including phenoxy) is 1. The minimum atomic E-state index is -0.393. The van der Waals surface area contributed by atoms with Gasteiger partial charge in [0.2, 0.25) is 5.82 Å². The van der Waals surface area contributed by atoms with E-state index in [4.69, 9.17) is 4.74 Å². The Morgan fingerprint density at radius 2 is 2.19 bits per heavy atom. The summed E-state index contributed by atoms with van der Waals surface area (Å²) in [6.07, 6.45) is 13.6. The fraction of sp³-hybridized carbons (Fsp3) is 0.545. The van der Waals surface area contributed by atoms with Crippen molar-refractivity contribution in [3.05, 3.63) is 46.6 Å². The molecule has 142 valence electrons. The smallest absolute Gasteiger partial charge is 0.374 e. The number of aromatic amines is 1. The fourth-order valence-corrected chi connectivity index (χ4v) is 3.41. The number of unbranched alkanes of at least 4 members (excludes halogenated alkanes) is 1. The maximum Gasteiger partial charge on any atom is 0.374 e. The van der Waals surface area contributed by atoms with Gasteiger partial charge in [-0.15, -0.1) is 0 Å². The lowest BCUT2D eigenvalue weighted by atomic mass is 9.72. The topological polar surface area (TPSA) is 55.0 Å². The van der Waals surface area contributed by atoms with E-state index in [-0.39, 0.29) is 11.2 Å². The van der Waals surface area contributed by atoms with Crippen LogP contribution >= 0.6 is 0 Å². The number of nitrogens with one attached hydrogen (secondary N) is 1. The van der Waals surface area contributed by atoms with Gasteiger partial charge in [-0.2, -0.15) is 0 Å². The molecule has 0 aliphatic heterocycles. The summed E-state index contributed by atoms with van der Waals surface area (Å²) in [6, 6.07) is 0. The molecule has 4 heteroatoms. The van der Waals surface area contributed by atoms with Gasteiger partial charge in [-0.3, -0.25) is 0 Å². The van der Waals surface area contributed by atoms with Crippen LogP contribution in [-0.4, -0.2) is 22.5 Å². The van der Waals surface area contributed by atoms with E-state index in [1.165, 1.54) is 30.4 Å². The van der Waals surface area contributed by atoms with Crippen LogP contribution in [0.15, 0.2) is 35.1 Å². The highest BCUT2D eigenvalue weighted by molar-refractivity contribution is 5.85. The van der Waals surface area contributed by atoms with Crippen molar-refractivity contribution in [3.63, 3.8) is 0 Å². The Kier molecular flexibility index (Phi) is 7.01. The van der Waals surface area contributed by atoms with E-state index in [1.54, 1.807) is 6.20 Å². The third-order valence-corrected chi connectivity index (χ3v) is 4.96. The van der Waals surface area contributed by atoms with Crippen molar-refractivity contribution < 1.29 is 9.53 Å². The zero-order valence-electron chi connectivity index (χ0n) is 16.8. The number of nitrogens with zero attached hydrogens (tertiary/aromatic N) is 1. The number of rotatable bonds is 7. The predicted molar refractivity (Wildman–Crippen MR) is 107 cm³/mol. The van der Waals surface area contributed by atoms with Gasteiger partial charge in [0, 0.05) is 0 Å². The molecule has 4 nitrogen and oxygen atoms in total. The summed E-state index contributed by atoms with van der Waals surface area (Å²) in [5.41, 5.74) is 5.09. The van der Waals surface area contributed by atoms with Gasteiger partial charge < -0.3 is 9.72 Å². The van der Waals surface area contributed by atoms with Crippen molar-refractivity contribution in [2.24, 2.45) is 5.41 Å². The van der Waals surface area contributed by atoms with Gasteiger partial charge in [-0.25, -0.2) is 9.78 Å². The lowest BCUT2D eigenvalue weighted by molar-refractivity contribution is 0.0486. The Morgan fingerprint density at radius 1 is 1.42 bits per heavy atom. The highest BCUT2D eigenvalue weighted by Gasteiger charge is 2.26. The van der Waals surface area contributed by atoms with Crippen LogP contribution in [-0.2, 0) is 4.74 Å². The number of hydrogen-bond acceptors (Lipinski definition) is 3. The quantitative estimate of drug-likeness (QED) is 0.378. The van der Waals surface area contributed by atoms with Crippen LogP contribution in [0.2, 0.25) is 0 Å². The normalized spacial score (nSPS) is 17.8. The first kappa shape index (κ1) is 20.2. The number of hydrogen-bond donors (Lipinski definition) is 1. The van der Waals surface area contributed by atoms with Crippen LogP contribution in [0.3, 0.4) is 0 Å². The van der Waals surface area contributed by atoms with E-state index in [9.17, 15) is 4.79 Å². The first-order valence-corrected chi connectivity index (χ1v) is 9.62. The van der Waals surface area contributed by atoms with Crippen molar-refractivity contribution >= 4 is 12.0 Å². The van der Waals surface area contributed by atoms with Gasteiger partial charge in [0.15, 0.2) is 0 Å². The van der Waals surface area contributed by atoms with Crippen LogP contribution in [0.25, 0.3) is 6.08 Å². The lowest BCUT2D eigenvalue weighted by Gasteiger charge is -2.32. The van der Waals surface area contributed by atoms with Crippen molar-refractivity contribution in [3.8, 4) is 0 Å². The molecular weight excluding hydrogens is 324 g/mol. The van der Waals surface area contributed by atoms with Crippen LogP contribution in [0.1, 0.15) is 83.0 Å². The van der Waals surface area contributed by atoms with Crippen molar-refractivity contribution in [1.29, 1.82) is 0 Å². The molecule has 1 N–H and O–H groups in total. The summed E-state index contributed by atoms with van der Waals surface area (Å²) in [5, 5.41) is 0. The van der Waals surface area contributed by atoms with Crippen molar-refractivity contribution in [1.82, 2.24) is 9.97 Å². The Bertz CT molecular complexity index is 720. The average molecular weight is 357 g/mol. The summed E-state index contributed by atoms with van der Waals surface area (Å²) in [7, 11) is 0. The van der Waals surface area contributed by atoms with E-state index in [2.05, 4.69) is 56.7 Å². The van der Waals surface area contributed by atoms with Crippen molar-refractivity contribution in [2.75, 3.05) is 6.61 Å². The van der Waals surface area contributed by atoms with Crippen molar-refractivity contribution in [2.45, 2.75) is 66.7 Å². The van der Waals surface area contributed by atoms with E-state index < -0.39 is 5.97 Å². The molecule has 0 fully saturated rings. The molecular formula is C22H32N2O2. The number of allylic oxidation sites excluding steroid dienone is 5. The third kappa shape index (κ3) is 5.45. The molecule has 1 aromatic heterocycles. The zero-order chi connectivity index (χ0) is 19.2. The van der Waals surface area contributed by atoms with Gasteiger partial charge in [0.25, 0.3) is 0 Å². The molecule has 2 rings (SSSR count). The standard InChI is InChI=1S/C22H32N2O2/c1-6-7-13-26-21(25)20-23-15-18(24-20)14-16(2)10-11-19-17(3)9-8-12-22(19,4)5/h10-11,14-15H,6-9,12-13H2,1-5H3,(H,23,24)/b11-10?,16-14+. The molecule has 1 heterocycles. The number of H-pyrrole nitrogens is 1. The Labute approximate surface area is 157 Å². The lowest BCUT2D eigenvalue weighted by Crippen LogP contribution is -2.19. The van der Waals surface area contributed by atoms with Crippen LogP contribution in [0.4, 0.5) is 0 Å². The molecule has 0 amide bonds. The van der Waals surface area contributed by atoms with Gasteiger partial charge in [-0.1, -0.05) is 44.9 Å². The molecule has 0 bridgehead atoms. The minimum absolute atomic E-state index is 0.239. The van der Waals surface area contributed by atoms with E-state index in [0.29, 0.717) is 6.61 Å². The fourth-order valence-electron chi connectivity index (χ4n) is 3.41. The second-order valence-corrected chi connectivity index (χ2v) is 7.83. The monoisotopic (exact) mass is 356 g/mol. The predicted octanol–water partition coefficient (Wildman–Crippen LogP) is 5.85. The Balaban J connectivity index is 2.05. The van der Waals surface area contributed by atoms with Gasteiger partial charge >= 0.3 is 5.97 Å². The Hall–Kier alpha value is -2.10. The van der Waals surface area contributed by atoms with Gasteiger partial charge in [-0.05, 0) is 62.2 Å². The summed E-state index contributed by atoms with van der Waals surface area (Å²) < 4.78 is 5.17. The van der Waals surface area contributed by atoms with Crippen LogP contribution in [0, 0.1) is 5.41 Å².